The predicted molar refractivity (Wildman–Crippen MR) is 105 cm³/mol. The van der Waals surface area contributed by atoms with Gasteiger partial charge in [-0.1, -0.05) is 12.2 Å². The number of ketones is 1. The summed E-state index contributed by atoms with van der Waals surface area (Å²) in [4.78, 5) is 15.3. The van der Waals surface area contributed by atoms with Crippen molar-refractivity contribution in [2.24, 2.45) is 5.92 Å². The summed E-state index contributed by atoms with van der Waals surface area (Å²) < 4.78 is 5.53. The molecular weight excluding hydrogens is 338 g/mol. The first-order valence-electron chi connectivity index (χ1n) is 10.3. The lowest BCUT2D eigenvalue weighted by Crippen LogP contribution is -2.62. The van der Waals surface area contributed by atoms with Crippen LogP contribution >= 0.6 is 0 Å². The van der Waals surface area contributed by atoms with Crippen molar-refractivity contribution in [3.05, 3.63) is 29.3 Å². The van der Waals surface area contributed by atoms with Gasteiger partial charge >= 0.3 is 0 Å². The fourth-order valence-corrected chi connectivity index (χ4v) is 6.42. The molecule has 3 aliphatic carbocycles. The van der Waals surface area contributed by atoms with Crippen molar-refractivity contribution in [3.8, 4) is 11.5 Å². The van der Waals surface area contributed by atoms with Gasteiger partial charge in [-0.05, 0) is 68.7 Å². The number of rotatable bonds is 3. The molecule has 1 aromatic rings. The number of carbonyl (C=O) groups is 1. The minimum atomic E-state index is -0.234. The highest BCUT2D eigenvalue weighted by atomic mass is 16.5. The molecule has 0 radical (unpaired) electrons. The quantitative estimate of drug-likeness (QED) is 0.882. The molecule has 27 heavy (non-hydrogen) atoms. The zero-order valence-corrected chi connectivity index (χ0v) is 16.4. The first kappa shape index (κ1) is 17.3. The summed E-state index contributed by atoms with van der Waals surface area (Å²) in [6.45, 7) is 7.26. The lowest BCUT2D eigenvalue weighted by molar-refractivity contribution is -0.127. The molecule has 1 heterocycles. The molecule has 3 atom stereocenters. The molecule has 0 amide bonds. The van der Waals surface area contributed by atoms with E-state index in [0.29, 0.717) is 36.3 Å². The molecule has 4 nitrogen and oxygen atoms in total. The van der Waals surface area contributed by atoms with Gasteiger partial charge in [-0.25, -0.2) is 0 Å². The van der Waals surface area contributed by atoms with Gasteiger partial charge in [0.15, 0.2) is 11.5 Å². The van der Waals surface area contributed by atoms with Crippen LogP contribution in [0.3, 0.4) is 0 Å². The van der Waals surface area contributed by atoms with Crippen LogP contribution in [0.2, 0.25) is 0 Å². The molecule has 1 saturated heterocycles. The summed E-state index contributed by atoms with van der Waals surface area (Å²) in [5.41, 5.74) is 4.07. The van der Waals surface area contributed by atoms with Gasteiger partial charge < -0.3 is 9.84 Å². The van der Waals surface area contributed by atoms with Gasteiger partial charge in [0.05, 0.1) is 7.11 Å². The van der Waals surface area contributed by atoms with Crippen molar-refractivity contribution >= 4 is 11.4 Å². The van der Waals surface area contributed by atoms with Crippen LogP contribution in [0.25, 0.3) is 5.57 Å². The Hall–Kier alpha value is -1.81. The molecule has 144 valence electrons. The number of hydrogen-bond donors (Lipinski definition) is 1. The molecule has 0 spiro atoms. The standard InChI is InChI=1S/C23H29NO3/c1-13(2)16-11-20(27-3)22(26)21-17(16)10-19-18-7-6-15(25)12-23(18,21)8-9-24(19)14-4-5-14/h11,14,18-19,26H,1,4-10,12H2,2-3H3/t18?,19?,23-/m1/s1. The first-order chi connectivity index (χ1) is 13.0. The van der Waals surface area contributed by atoms with E-state index in [1.165, 1.54) is 18.4 Å². The van der Waals surface area contributed by atoms with Gasteiger partial charge in [-0.3, -0.25) is 9.69 Å². The summed E-state index contributed by atoms with van der Waals surface area (Å²) in [5, 5.41) is 11.2. The van der Waals surface area contributed by atoms with Crippen molar-refractivity contribution in [1.29, 1.82) is 0 Å². The van der Waals surface area contributed by atoms with Crippen LogP contribution in [0.15, 0.2) is 12.6 Å². The van der Waals surface area contributed by atoms with Crippen molar-refractivity contribution in [3.63, 3.8) is 0 Å². The molecule has 2 unspecified atom stereocenters. The molecule has 5 rings (SSSR count). The summed E-state index contributed by atoms with van der Waals surface area (Å²) in [5.74, 6) is 1.57. The average molecular weight is 367 g/mol. The number of Topliss-reactive ketones (excluding diaryl/α,β-unsaturated/α-hetero) is 1. The van der Waals surface area contributed by atoms with E-state index in [-0.39, 0.29) is 11.2 Å². The molecule has 2 bridgehead atoms. The average Bonchev–Trinajstić information content (AvgIpc) is 3.45. The Morgan fingerprint density at radius 1 is 1.37 bits per heavy atom. The number of phenolic OH excluding ortho intramolecular Hbond substituents is 1. The van der Waals surface area contributed by atoms with E-state index < -0.39 is 0 Å². The van der Waals surface area contributed by atoms with Crippen molar-refractivity contribution in [2.45, 2.75) is 69.4 Å². The molecule has 2 saturated carbocycles. The molecule has 4 heteroatoms. The Balaban J connectivity index is 1.76. The zero-order chi connectivity index (χ0) is 18.9. The Morgan fingerprint density at radius 2 is 2.15 bits per heavy atom. The zero-order valence-electron chi connectivity index (χ0n) is 16.4. The summed E-state index contributed by atoms with van der Waals surface area (Å²) in [6, 6.07) is 3.15. The maximum absolute atomic E-state index is 12.6. The fourth-order valence-electron chi connectivity index (χ4n) is 6.42. The highest BCUT2D eigenvalue weighted by molar-refractivity contribution is 5.83. The van der Waals surface area contributed by atoms with Crippen LogP contribution in [0.5, 0.6) is 11.5 Å². The number of carbonyl (C=O) groups excluding carboxylic acids is 1. The Labute approximate surface area is 161 Å². The number of nitrogens with zero attached hydrogens (tertiary/aromatic N) is 1. The highest BCUT2D eigenvalue weighted by Gasteiger charge is 2.58. The summed E-state index contributed by atoms with van der Waals surface area (Å²) >= 11 is 0. The van der Waals surface area contributed by atoms with Crippen molar-refractivity contribution in [2.75, 3.05) is 13.7 Å². The van der Waals surface area contributed by atoms with E-state index in [1.54, 1.807) is 7.11 Å². The van der Waals surface area contributed by atoms with Gasteiger partial charge in [0, 0.05) is 35.9 Å². The molecule has 1 N–H and O–H groups in total. The molecule has 4 aliphatic rings. The minimum absolute atomic E-state index is 0.234. The van der Waals surface area contributed by atoms with E-state index in [1.807, 2.05) is 13.0 Å². The topological polar surface area (TPSA) is 49.8 Å². The highest BCUT2D eigenvalue weighted by Crippen LogP contribution is 2.60. The fraction of sp³-hybridized carbons (Fsp3) is 0.609. The third-order valence-electron chi connectivity index (χ3n) is 7.64. The van der Waals surface area contributed by atoms with E-state index >= 15 is 0 Å². The van der Waals surface area contributed by atoms with E-state index in [2.05, 4.69) is 11.5 Å². The largest absolute Gasteiger partial charge is 0.504 e. The van der Waals surface area contributed by atoms with E-state index in [9.17, 15) is 9.90 Å². The van der Waals surface area contributed by atoms with Crippen molar-refractivity contribution in [1.82, 2.24) is 4.90 Å². The Bertz CT molecular complexity index is 841. The van der Waals surface area contributed by atoms with Crippen LogP contribution < -0.4 is 4.74 Å². The minimum Gasteiger partial charge on any atom is -0.504 e. The number of ether oxygens (including phenoxy) is 1. The molecule has 3 fully saturated rings. The monoisotopic (exact) mass is 367 g/mol. The van der Waals surface area contributed by atoms with Crippen LogP contribution in [-0.4, -0.2) is 41.5 Å². The number of phenols is 1. The number of aromatic hydroxyl groups is 1. The van der Waals surface area contributed by atoms with Gasteiger partial charge in [-0.2, -0.15) is 0 Å². The number of allylic oxidation sites excluding steroid dienone is 1. The SMILES string of the molecule is C=C(C)c1cc(OC)c(O)c2c1CC1C3CCC(=O)C[C@@]23CCN1C1CC1. The second-order valence-electron chi connectivity index (χ2n) is 9.12. The Kier molecular flexibility index (Phi) is 3.74. The molecule has 0 aromatic heterocycles. The third-order valence-corrected chi connectivity index (χ3v) is 7.64. The van der Waals surface area contributed by atoms with E-state index in [0.717, 1.165) is 48.5 Å². The maximum Gasteiger partial charge on any atom is 0.161 e. The number of hydrogen-bond acceptors (Lipinski definition) is 4. The molecular formula is C23H29NO3. The normalized spacial score (nSPS) is 32.6. The lowest BCUT2D eigenvalue weighted by atomic mass is 9.51. The van der Waals surface area contributed by atoms with E-state index in [4.69, 9.17) is 4.74 Å². The lowest BCUT2D eigenvalue weighted by Gasteiger charge is -2.59. The third kappa shape index (κ3) is 2.35. The summed E-state index contributed by atoms with van der Waals surface area (Å²) in [7, 11) is 1.60. The molecule has 1 aliphatic heterocycles. The second-order valence-corrected chi connectivity index (χ2v) is 9.12. The number of piperidine rings is 1. The predicted octanol–water partition coefficient (Wildman–Crippen LogP) is 3.83. The van der Waals surface area contributed by atoms with Crippen LogP contribution in [0, 0.1) is 5.92 Å². The van der Waals surface area contributed by atoms with Gasteiger partial charge in [0.2, 0.25) is 0 Å². The number of fused-ring (bicyclic) bond motifs is 1. The summed E-state index contributed by atoms with van der Waals surface area (Å²) in [6.07, 6.45) is 6.73. The number of likely N-dealkylation sites (tertiary alicyclic amines) is 1. The number of benzene rings is 1. The first-order valence-corrected chi connectivity index (χ1v) is 10.3. The van der Waals surface area contributed by atoms with Crippen LogP contribution in [-0.2, 0) is 16.6 Å². The van der Waals surface area contributed by atoms with Crippen molar-refractivity contribution < 1.29 is 14.6 Å². The van der Waals surface area contributed by atoms with Crippen LogP contribution in [0.4, 0.5) is 0 Å². The number of methoxy groups -OCH3 is 1. The maximum atomic E-state index is 12.6. The van der Waals surface area contributed by atoms with Gasteiger partial charge in [0.1, 0.15) is 5.78 Å². The smallest absolute Gasteiger partial charge is 0.161 e. The molecule has 1 aromatic carbocycles. The second kappa shape index (κ2) is 5.84. The van der Waals surface area contributed by atoms with Crippen LogP contribution in [0.1, 0.15) is 62.1 Å². The van der Waals surface area contributed by atoms with Gasteiger partial charge in [-0.15, -0.1) is 0 Å². The van der Waals surface area contributed by atoms with Gasteiger partial charge in [0.25, 0.3) is 0 Å². The Morgan fingerprint density at radius 3 is 2.81 bits per heavy atom.